The average molecular weight is 411 g/mol. The van der Waals surface area contributed by atoms with E-state index < -0.39 is 22.9 Å². The van der Waals surface area contributed by atoms with E-state index in [4.69, 9.17) is 4.74 Å². The number of nitrogens with zero attached hydrogens (tertiary/aromatic N) is 2. The molecular formula is C20H17N3O5S. The van der Waals surface area contributed by atoms with E-state index in [2.05, 4.69) is 10.3 Å². The molecule has 0 aliphatic rings. The lowest BCUT2D eigenvalue weighted by Gasteiger charge is -2.13. The summed E-state index contributed by atoms with van der Waals surface area (Å²) in [6.45, 7) is 3.13. The zero-order valence-corrected chi connectivity index (χ0v) is 16.4. The summed E-state index contributed by atoms with van der Waals surface area (Å²) in [6.07, 6.45) is -1.09. The number of anilines is 1. The molecule has 3 rings (SSSR count). The molecule has 8 nitrogen and oxygen atoms in total. The number of carbonyl (C=O) groups excluding carboxylic acids is 2. The molecule has 148 valence electrons. The molecule has 9 heteroatoms. The highest BCUT2D eigenvalue weighted by Gasteiger charge is 2.23. The van der Waals surface area contributed by atoms with Crippen LogP contribution in [0.4, 0.5) is 11.4 Å². The summed E-state index contributed by atoms with van der Waals surface area (Å²) in [5, 5.41) is 14.0. The van der Waals surface area contributed by atoms with Crippen molar-refractivity contribution < 1.29 is 19.2 Å². The van der Waals surface area contributed by atoms with E-state index in [0.717, 1.165) is 5.56 Å². The fraction of sp³-hybridized carbons (Fsp3) is 0.150. The van der Waals surface area contributed by atoms with Crippen molar-refractivity contribution in [3.8, 4) is 10.6 Å². The molecule has 0 saturated heterocycles. The lowest BCUT2D eigenvalue weighted by Crippen LogP contribution is -2.30. The van der Waals surface area contributed by atoms with E-state index >= 15 is 0 Å². The van der Waals surface area contributed by atoms with Gasteiger partial charge in [-0.3, -0.25) is 14.9 Å². The first-order chi connectivity index (χ1) is 13.8. The van der Waals surface area contributed by atoms with Gasteiger partial charge in [0.15, 0.2) is 6.10 Å². The van der Waals surface area contributed by atoms with Crippen LogP contribution in [0.3, 0.4) is 0 Å². The van der Waals surface area contributed by atoms with Gasteiger partial charge in [0.25, 0.3) is 11.6 Å². The van der Waals surface area contributed by atoms with Crippen molar-refractivity contribution >= 4 is 34.6 Å². The van der Waals surface area contributed by atoms with Crippen LogP contribution in [0.5, 0.6) is 0 Å². The van der Waals surface area contributed by atoms with Gasteiger partial charge < -0.3 is 10.1 Å². The number of nitrogens with one attached hydrogen (secondary N) is 1. The number of thiazole rings is 1. The lowest BCUT2D eigenvalue weighted by atomic mass is 10.2. The Hall–Kier alpha value is -3.59. The number of hydrogen-bond acceptors (Lipinski definition) is 7. The number of aromatic nitrogens is 1. The maximum absolute atomic E-state index is 12.5. The maximum atomic E-state index is 12.5. The largest absolute Gasteiger partial charge is 0.448 e. The second-order valence-electron chi connectivity index (χ2n) is 6.14. The van der Waals surface area contributed by atoms with Crippen LogP contribution in [0.15, 0.2) is 54.6 Å². The number of esters is 1. The smallest absolute Gasteiger partial charge is 0.351 e. The third-order valence-electron chi connectivity index (χ3n) is 3.98. The number of carbonyl (C=O) groups is 2. The van der Waals surface area contributed by atoms with E-state index in [9.17, 15) is 19.7 Å². The van der Waals surface area contributed by atoms with Crippen LogP contribution in [0.1, 0.15) is 22.3 Å². The number of benzene rings is 2. The lowest BCUT2D eigenvalue weighted by molar-refractivity contribution is -0.384. The van der Waals surface area contributed by atoms with Crippen molar-refractivity contribution in [1.82, 2.24) is 4.98 Å². The van der Waals surface area contributed by atoms with Crippen molar-refractivity contribution in [2.24, 2.45) is 0 Å². The van der Waals surface area contributed by atoms with Crippen molar-refractivity contribution in [2.45, 2.75) is 20.0 Å². The highest BCUT2D eigenvalue weighted by molar-refractivity contribution is 7.17. The van der Waals surface area contributed by atoms with Crippen LogP contribution >= 0.6 is 11.3 Å². The van der Waals surface area contributed by atoms with Gasteiger partial charge in [-0.1, -0.05) is 36.4 Å². The predicted molar refractivity (Wildman–Crippen MR) is 109 cm³/mol. The quantitative estimate of drug-likeness (QED) is 0.369. The standard InChI is InChI=1S/C20H17N3O5S/c1-12-17(29-19(21-12)14-7-4-3-5-8-14)20(25)28-13(2)18(24)22-15-9-6-10-16(11-15)23(26)27/h3-11,13H,1-2H3,(H,22,24). The number of hydrogen-bond donors (Lipinski definition) is 1. The molecule has 0 radical (unpaired) electrons. The Balaban J connectivity index is 1.67. The van der Waals surface area contributed by atoms with Crippen LogP contribution in [-0.2, 0) is 9.53 Å². The maximum Gasteiger partial charge on any atom is 0.351 e. The Morgan fingerprint density at radius 2 is 1.90 bits per heavy atom. The van der Waals surface area contributed by atoms with E-state index in [1.165, 1.54) is 42.5 Å². The molecule has 29 heavy (non-hydrogen) atoms. The summed E-state index contributed by atoms with van der Waals surface area (Å²) in [4.78, 5) is 39.8. The number of non-ortho nitro benzene ring substituents is 1. The fourth-order valence-electron chi connectivity index (χ4n) is 2.50. The Morgan fingerprint density at radius 1 is 1.17 bits per heavy atom. The molecule has 0 aliphatic carbocycles. The van der Waals surface area contributed by atoms with Crippen molar-refractivity contribution in [3.63, 3.8) is 0 Å². The third kappa shape index (κ3) is 4.82. The average Bonchev–Trinajstić information content (AvgIpc) is 3.10. The Bertz CT molecular complexity index is 1060. The van der Waals surface area contributed by atoms with Gasteiger partial charge in [0.1, 0.15) is 9.88 Å². The molecule has 0 aliphatic heterocycles. The first-order valence-corrected chi connectivity index (χ1v) is 9.46. The SMILES string of the molecule is Cc1nc(-c2ccccc2)sc1C(=O)OC(C)C(=O)Nc1cccc([N+](=O)[O-])c1. The summed E-state index contributed by atoms with van der Waals surface area (Å²) in [5.74, 6) is -1.24. The molecule has 1 aromatic heterocycles. The predicted octanol–water partition coefficient (Wildman–Crippen LogP) is 4.21. The number of aryl methyl sites for hydroxylation is 1. The number of rotatable bonds is 6. The number of amides is 1. The molecule has 1 N–H and O–H groups in total. The van der Waals surface area contributed by atoms with Gasteiger partial charge in [-0.05, 0) is 19.9 Å². The van der Waals surface area contributed by atoms with E-state index in [0.29, 0.717) is 15.6 Å². The van der Waals surface area contributed by atoms with Gasteiger partial charge in [0.05, 0.1) is 10.6 Å². The molecule has 2 aromatic carbocycles. The van der Waals surface area contributed by atoms with Crippen molar-refractivity contribution in [3.05, 3.63) is 75.3 Å². The Kier molecular flexibility index (Phi) is 5.99. The second kappa shape index (κ2) is 8.61. The molecule has 3 aromatic rings. The van der Waals surface area contributed by atoms with Crippen LogP contribution < -0.4 is 5.32 Å². The monoisotopic (exact) mass is 411 g/mol. The van der Waals surface area contributed by atoms with Crippen LogP contribution in [0.2, 0.25) is 0 Å². The third-order valence-corrected chi connectivity index (χ3v) is 5.17. The van der Waals surface area contributed by atoms with E-state index in [1.807, 2.05) is 30.3 Å². The zero-order chi connectivity index (χ0) is 21.0. The van der Waals surface area contributed by atoms with Crippen LogP contribution in [0.25, 0.3) is 10.6 Å². The molecule has 1 amide bonds. The molecule has 0 saturated carbocycles. The van der Waals surface area contributed by atoms with Gasteiger partial charge in [-0.15, -0.1) is 11.3 Å². The van der Waals surface area contributed by atoms with Gasteiger partial charge in [-0.25, -0.2) is 9.78 Å². The number of nitro groups is 1. The molecule has 0 spiro atoms. The molecule has 1 unspecified atom stereocenters. The second-order valence-corrected chi connectivity index (χ2v) is 7.14. The molecule has 0 fully saturated rings. The minimum atomic E-state index is -1.09. The number of ether oxygens (including phenoxy) is 1. The minimum absolute atomic E-state index is 0.152. The molecule has 1 atom stereocenters. The normalized spacial score (nSPS) is 11.5. The summed E-state index contributed by atoms with van der Waals surface area (Å²) in [6, 6.07) is 14.9. The van der Waals surface area contributed by atoms with Gasteiger partial charge in [0.2, 0.25) is 0 Å². The summed E-state index contributed by atoms with van der Waals surface area (Å²) >= 11 is 1.19. The molecule has 0 bridgehead atoms. The van der Waals surface area contributed by atoms with Gasteiger partial charge in [-0.2, -0.15) is 0 Å². The highest BCUT2D eigenvalue weighted by Crippen LogP contribution is 2.28. The highest BCUT2D eigenvalue weighted by atomic mass is 32.1. The van der Waals surface area contributed by atoms with E-state index in [1.54, 1.807) is 6.92 Å². The van der Waals surface area contributed by atoms with Gasteiger partial charge in [0, 0.05) is 23.4 Å². The van der Waals surface area contributed by atoms with Crippen molar-refractivity contribution in [1.29, 1.82) is 0 Å². The molecule has 1 heterocycles. The summed E-state index contributed by atoms with van der Waals surface area (Å²) < 4.78 is 5.26. The van der Waals surface area contributed by atoms with E-state index in [-0.39, 0.29) is 11.4 Å². The first kappa shape index (κ1) is 20.2. The first-order valence-electron chi connectivity index (χ1n) is 8.64. The van der Waals surface area contributed by atoms with Crippen LogP contribution in [-0.4, -0.2) is 27.9 Å². The fourth-order valence-corrected chi connectivity index (χ4v) is 3.45. The summed E-state index contributed by atoms with van der Waals surface area (Å²) in [7, 11) is 0. The zero-order valence-electron chi connectivity index (χ0n) is 15.6. The van der Waals surface area contributed by atoms with Crippen LogP contribution in [0, 0.1) is 17.0 Å². The van der Waals surface area contributed by atoms with Crippen molar-refractivity contribution in [2.75, 3.05) is 5.32 Å². The minimum Gasteiger partial charge on any atom is -0.448 e. The van der Waals surface area contributed by atoms with Gasteiger partial charge >= 0.3 is 5.97 Å². The Labute approximate surface area is 170 Å². The molecular weight excluding hydrogens is 394 g/mol. The summed E-state index contributed by atoms with van der Waals surface area (Å²) in [5.41, 5.74) is 1.50. The number of nitro benzene ring substituents is 1. The topological polar surface area (TPSA) is 111 Å². The Morgan fingerprint density at radius 3 is 2.59 bits per heavy atom.